The summed E-state index contributed by atoms with van der Waals surface area (Å²) in [6, 6.07) is 3.62. The van der Waals surface area contributed by atoms with E-state index in [4.69, 9.17) is 4.42 Å². The zero-order valence-electron chi connectivity index (χ0n) is 12.5. The van der Waals surface area contributed by atoms with E-state index >= 15 is 0 Å². The Balaban J connectivity index is 2.27. The summed E-state index contributed by atoms with van der Waals surface area (Å²) in [5.74, 6) is 1.38. The van der Waals surface area contributed by atoms with Gasteiger partial charge in [0.25, 0.3) is 0 Å². The van der Waals surface area contributed by atoms with E-state index in [0.717, 1.165) is 31.1 Å². The molecule has 1 amide bonds. The lowest BCUT2D eigenvalue weighted by Gasteiger charge is -2.21. The molecule has 6 nitrogen and oxygen atoms in total. The van der Waals surface area contributed by atoms with Crippen molar-refractivity contribution < 1.29 is 9.21 Å². The van der Waals surface area contributed by atoms with E-state index in [1.165, 1.54) is 0 Å². The summed E-state index contributed by atoms with van der Waals surface area (Å²) in [6.45, 7) is 3.66. The van der Waals surface area contributed by atoms with Gasteiger partial charge in [0.15, 0.2) is 5.96 Å². The van der Waals surface area contributed by atoms with E-state index in [0.29, 0.717) is 6.54 Å². The third-order valence-corrected chi connectivity index (χ3v) is 2.87. The first kappa shape index (κ1) is 16.1. The number of nitrogens with one attached hydrogen (secondary N) is 2. The van der Waals surface area contributed by atoms with E-state index in [1.807, 2.05) is 18.0 Å². The van der Waals surface area contributed by atoms with Crippen LogP contribution in [0, 0.1) is 0 Å². The quantitative estimate of drug-likeness (QED) is 0.582. The second kappa shape index (κ2) is 9.01. The topological polar surface area (TPSA) is 69.9 Å². The van der Waals surface area contributed by atoms with Crippen molar-refractivity contribution in [2.24, 2.45) is 4.99 Å². The molecule has 0 aliphatic carbocycles. The molecule has 0 radical (unpaired) electrons. The van der Waals surface area contributed by atoms with Crippen molar-refractivity contribution in [1.82, 2.24) is 15.5 Å². The molecule has 0 aliphatic heterocycles. The maximum atomic E-state index is 11.7. The number of carbonyl (C=O) groups excluding carboxylic acids is 1. The molecule has 1 aromatic rings. The highest BCUT2D eigenvalue weighted by atomic mass is 16.3. The molecule has 0 aromatic carbocycles. The summed E-state index contributed by atoms with van der Waals surface area (Å²) in [7, 11) is 3.68. The van der Waals surface area contributed by atoms with Crippen molar-refractivity contribution in [1.29, 1.82) is 0 Å². The lowest BCUT2D eigenvalue weighted by molar-refractivity contribution is -0.120. The second-order valence-corrected chi connectivity index (χ2v) is 4.53. The SMILES string of the molecule is CCCCN(C)C(=NC)NCC(=O)NCc1ccco1. The van der Waals surface area contributed by atoms with Gasteiger partial charge in [-0.2, -0.15) is 0 Å². The number of carbonyl (C=O) groups is 1. The minimum Gasteiger partial charge on any atom is -0.467 e. The van der Waals surface area contributed by atoms with Crippen LogP contribution in [0.1, 0.15) is 25.5 Å². The van der Waals surface area contributed by atoms with Gasteiger partial charge in [-0.3, -0.25) is 9.79 Å². The highest BCUT2D eigenvalue weighted by Gasteiger charge is 2.07. The Labute approximate surface area is 120 Å². The van der Waals surface area contributed by atoms with Gasteiger partial charge in [-0.15, -0.1) is 0 Å². The Kier molecular flexibility index (Phi) is 7.24. The van der Waals surface area contributed by atoms with Crippen molar-refractivity contribution >= 4 is 11.9 Å². The van der Waals surface area contributed by atoms with Gasteiger partial charge >= 0.3 is 0 Å². The molecule has 0 unspecified atom stereocenters. The molecule has 0 atom stereocenters. The lowest BCUT2D eigenvalue weighted by atomic mass is 10.3. The molecule has 0 bridgehead atoms. The van der Waals surface area contributed by atoms with Gasteiger partial charge in [0, 0.05) is 20.6 Å². The Morgan fingerprint density at radius 2 is 2.25 bits per heavy atom. The van der Waals surface area contributed by atoms with E-state index in [-0.39, 0.29) is 12.5 Å². The Bertz CT molecular complexity index is 415. The Hall–Kier alpha value is -1.98. The molecule has 0 aliphatic rings. The molecule has 1 aromatic heterocycles. The molecular weight excluding hydrogens is 256 g/mol. The summed E-state index contributed by atoms with van der Waals surface area (Å²) in [4.78, 5) is 17.9. The van der Waals surface area contributed by atoms with Crippen LogP contribution < -0.4 is 10.6 Å². The maximum Gasteiger partial charge on any atom is 0.239 e. The largest absolute Gasteiger partial charge is 0.467 e. The average molecular weight is 280 g/mol. The molecule has 2 N–H and O–H groups in total. The highest BCUT2D eigenvalue weighted by Crippen LogP contribution is 1.98. The normalized spacial score (nSPS) is 11.2. The lowest BCUT2D eigenvalue weighted by Crippen LogP contribution is -2.44. The van der Waals surface area contributed by atoms with Crippen molar-refractivity contribution in [3.8, 4) is 0 Å². The van der Waals surface area contributed by atoms with Gasteiger partial charge in [0.2, 0.25) is 5.91 Å². The van der Waals surface area contributed by atoms with Crippen LogP contribution in [0.3, 0.4) is 0 Å². The third-order valence-electron chi connectivity index (χ3n) is 2.87. The minimum absolute atomic E-state index is 0.0913. The molecule has 0 saturated heterocycles. The van der Waals surface area contributed by atoms with E-state index in [9.17, 15) is 4.79 Å². The number of amides is 1. The molecule has 1 rings (SSSR count). The van der Waals surface area contributed by atoms with Crippen LogP contribution in [-0.4, -0.2) is 44.0 Å². The van der Waals surface area contributed by atoms with Crippen molar-refractivity contribution in [2.75, 3.05) is 27.2 Å². The molecule has 0 spiro atoms. The number of aliphatic imine (C=N–C) groups is 1. The van der Waals surface area contributed by atoms with E-state index in [1.54, 1.807) is 19.4 Å². The Morgan fingerprint density at radius 1 is 1.45 bits per heavy atom. The zero-order chi connectivity index (χ0) is 14.8. The van der Waals surface area contributed by atoms with Crippen LogP contribution in [0.15, 0.2) is 27.8 Å². The van der Waals surface area contributed by atoms with Crippen LogP contribution in [0.2, 0.25) is 0 Å². The molecule has 1 heterocycles. The first-order chi connectivity index (χ1) is 9.67. The first-order valence-corrected chi connectivity index (χ1v) is 6.88. The van der Waals surface area contributed by atoms with Crippen LogP contribution >= 0.6 is 0 Å². The van der Waals surface area contributed by atoms with Crippen molar-refractivity contribution in [3.63, 3.8) is 0 Å². The van der Waals surface area contributed by atoms with Gasteiger partial charge in [0.1, 0.15) is 5.76 Å². The van der Waals surface area contributed by atoms with Crippen LogP contribution in [0.5, 0.6) is 0 Å². The van der Waals surface area contributed by atoms with Gasteiger partial charge in [-0.1, -0.05) is 13.3 Å². The third kappa shape index (κ3) is 5.77. The molecular formula is C14H24N4O2. The van der Waals surface area contributed by atoms with Gasteiger partial charge in [0.05, 0.1) is 19.4 Å². The molecule has 0 saturated carbocycles. The number of hydrogen-bond acceptors (Lipinski definition) is 3. The van der Waals surface area contributed by atoms with Crippen molar-refractivity contribution in [3.05, 3.63) is 24.2 Å². The summed E-state index contributed by atoms with van der Waals surface area (Å²) < 4.78 is 5.15. The van der Waals surface area contributed by atoms with Gasteiger partial charge in [-0.05, 0) is 18.6 Å². The fraction of sp³-hybridized carbons (Fsp3) is 0.571. The molecule has 6 heteroatoms. The number of rotatable bonds is 7. The minimum atomic E-state index is -0.0913. The van der Waals surface area contributed by atoms with Gasteiger partial charge < -0.3 is 20.0 Å². The monoisotopic (exact) mass is 280 g/mol. The van der Waals surface area contributed by atoms with E-state index in [2.05, 4.69) is 22.5 Å². The molecule has 20 heavy (non-hydrogen) atoms. The summed E-state index contributed by atoms with van der Waals surface area (Å²) in [6.07, 6.45) is 3.82. The van der Waals surface area contributed by atoms with Crippen LogP contribution in [-0.2, 0) is 11.3 Å². The standard InChI is InChI=1S/C14H24N4O2/c1-4-5-8-18(3)14(15-2)17-11-13(19)16-10-12-7-6-9-20-12/h6-7,9H,4-5,8,10-11H2,1-3H3,(H,15,17)(H,16,19). The predicted octanol–water partition coefficient (Wildman–Crippen LogP) is 1.20. The fourth-order valence-corrected chi connectivity index (χ4v) is 1.71. The van der Waals surface area contributed by atoms with Crippen LogP contribution in [0.25, 0.3) is 0 Å². The first-order valence-electron chi connectivity index (χ1n) is 6.88. The average Bonchev–Trinajstić information content (AvgIpc) is 2.96. The smallest absolute Gasteiger partial charge is 0.239 e. The second-order valence-electron chi connectivity index (χ2n) is 4.53. The number of unbranched alkanes of at least 4 members (excludes halogenated alkanes) is 1. The summed E-state index contributed by atoms with van der Waals surface area (Å²) >= 11 is 0. The fourth-order valence-electron chi connectivity index (χ4n) is 1.71. The molecule has 0 fully saturated rings. The van der Waals surface area contributed by atoms with Gasteiger partial charge in [-0.25, -0.2) is 0 Å². The summed E-state index contributed by atoms with van der Waals surface area (Å²) in [5.41, 5.74) is 0. The number of hydrogen-bond donors (Lipinski definition) is 2. The van der Waals surface area contributed by atoms with Crippen molar-refractivity contribution in [2.45, 2.75) is 26.3 Å². The number of guanidine groups is 1. The Morgan fingerprint density at radius 3 is 2.85 bits per heavy atom. The number of nitrogens with zero attached hydrogens (tertiary/aromatic N) is 2. The summed E-state index contributed by atoms with van der Waals surface area (Å²) in [5, 5.41) is 5.82. The predicted molar refractivity (Wildman–Crippen MR) is 79.5 cm³/mol. The maximum absolute atomic E-state index is 11.7. The molecule has 112 valence electrons. The number of furan rings is 1. The highest BCUT2D eigenvalue weighted by molar-refractivity contribution is 5.86. The van der Waals surface area contributed by atoms with E-state index < -0.39 is 0 Å². The zero-order valence-corrected chi connectivity index (χ0v) is 12.5. The van der Waals surface area contributed by atoms with Crippen LogP contribution in [0.4, 0.5) is 0 Å².